The maximum absolute atomic E-state index is 12.7. The van der Waals surface area contributed by atoms with E-state index in [1.165, 1.54) is 16.7 Å². The number of nitrogens with two attached hydrogens (primary N) is 1. The molecule has 3 rings (SSSR count). The number of carbonyl (C=O) groups excluding carboxylic acids is 2. The largest absolute Gasteiger partial charge is 0.458 e. The van der Waals surface area contributed by atoms with Crippen LogP contribution in [0.5, 0.6) is 0 Å². The smallest absolute Gasteiger partial charge is 0.348 e. The van der Waals surface area contributed by atoms with Crippen LogP contribution in [0.1, 0.15) is 19.4 Å². The maximum Gasteiger partial charge on any atom is 0.348 e. The number of thioether (sulfide) groups is 2. The molecule has 2 fully saturated rings. The Morgan fingerprint density at radius 2 is 2.04 bits per heavy atom. The number of amides is 1. The number of nitrogens with zero attached hydrogens (tertiary/aromatic N) is 1. The molecule has 124 valence electrons. The van der Waals surface area contributed by atoms with E-state index in [1.54, 1.807) is 11.8 Å². The first-order valence-corrected chi connectivity index (χ1v) is 9.53. The summed E-state index contributed by atoms with van der Waals surface area (Å²) in [5.74, 6) is -0.631. The fourth-order valence-corrected chi connectivity index (χ4v) is 5.75. The van der Waals surface area contributed by atoms with Gasteiger partial charge in [-0.2, -0.15) is 0 Å². The van der Waals surface area contributed by atoms with Crippen LogP contribution in [0.15, 0.2) is 30.3 Å². The van der Waals surface area contributed by atoms with Crippen molar-refractivity contribution >= 4 is 35.4 Å². The van der Waals surface area contributed by atoms with E-state index in [1.807, 2.05) is 50.4 Å². The van der Waals surface area contributed by atoms with Crippen molar-refractivity contribution in [1.29, 1.82) is 0 Å². The number of carbonyl (C=O) groups is 2. The van der Waals surface area contributed by atoms with Crippen molar-refractivity contribution in [1.82, 2.24) is 4.90 Å². The van der Waals surface area contributed by atoms with E-state index >= 15 is 0 Å². The van der Waals surface area contributed by atoms with Crippen molar-refractivity contribution in [2.75, 3.05) is 6.26 Å². The standard InChI is InChI=1S/C16H20N2O3S2/c1-15(2)16(17,18-12(19)11(22-3)13(18)23-15)14(20)21-9-10-7-5-4-6-8-10/h4-8,11,13H,9,17H2,1-3H3/t11-,13-,16+/m1/s1. The third-order valence-corrected chi connectivity index (χ3v) is 7.25. The first kappa shape index (κ1) is 16.7. The molecule has 0 unspecified atom stereocenters. The average molecular weight is 352 g/mol. The van der Waals surface area contributed by atoms with Crippen molar-refractivity contribution < 1.29 is 14.3 Å². The molecule has 5 nitrogen and oxygen atoms in total. The van der Waals surface area contributed by atoms with Crippen LogP contribution in [0.25, 0.3) is 0 Å². The van der Waals surface area contributed by atoms with Gasteiger partial charge < -0.3 is 4.74 Å². The summed E-state index contributed by atoms with van der Waals surface area (Å²) >= 11 is 3.07. The highest BCUT2D eigenvalue weighted by Gasteiger charge is 2.71. The summed E-state index contributed by atoms with van der Waals surface area (Å²) in [7, 11) is 0. The molecule has 1 aromatic rings. The number of benzene rings is 1. The summed E-state index contributed by atoms with van der Waals surface area (Å²) in [5.41, 5.74) is 5.90. The molecule has 0 spiro atoms. The number of β-lactam (4-membered cyclic amide) rings is 1. The number of fused-ring (bicyclic) bond motifs is 1. The number of hydrogen-bond acceptors (Lipinski definition) is 6. The van der Waals surface area contributed by atoms with Crippen LogP contribution >= 0.6 is 23.5 Å². The number of hydrogen-bond donors (Lipinski definition) is 1. The molecule has 1 amide bonds. The lowest BCUT2D eigenvalue weighted by molar-refractivity contribution is -0.172. The fourth-order valence-electron chi connectivity index (χ4n) is 3.00. The topological polar surface area (TPSA) is 72.6 Å². The Labute approximate surface area is 144 Å². The predicted octanol–water partition coefficient (Wildman–Crippen LogP) is 1.81. The van der Waals surface area contributed by atoms with E-state index in [-0.39, 0.29) is 23.1 Å². The molecule has 0 bridgehead atoms. The molecule has 0 radical (unpaired) electrons. The molecule has 0 saturated carbocycles. The van der Waals surface area contributed by atoms with Gasteiger partial charge in [-0.15, -0.1) is 23.5 Å². The SMILES string of the molecule is CS[C@@H]1C(=O)N2[C@@H]1SC(C)(C)[C@]2(N)C(=O)OCc1ccccc1. The average Bonchev–Trinajstić information content (AvgIpc) is 2.71. The van der Waals surface area contributed by atoms with Crippen molar-refractivity contribution in [2.24, 2.45) is 5.73 Å². The van der Waals surface area contributed by atoms with Gasteiger partial charge in [0.15, 0.2) is 0 Å². The van der Waals surface area contributed by atoms with Crippen LogP contribution in [-0.4, -0.2) is 44.1 Å². The molecule has 2 heterocycles. The Morgan fingerprint density at radius 1 is 1.39 bits per heavy atom. The number of rotatable bonds is 4. The summed E-state index contributed by atoms with van der Waals surface area (Å²) in [6, 6.07) is 9.43. The van der Waals surface area contributed by atoms with E-state index < -0.39 is 16.4 Å². The molecule has 0 aromatic heterocycles. The monoisotopic (exact) mass is 352 g/mol. The van der Waals surface area contributed by atoms with E-state index in [0.29, 0.717) is 0 Å². The Hall–Kier alpha value is -1.18. The van der Waals surface area contributed by atoms with Crippen LogP contribution in [0, 0.1) is 0 Å². The van der Waals surface area contributed by atoms with Gasteiger partial charge in [-0.1, -0.05) is 30.3 Å². The molecular formula is C16H20N2O3S2. The van der Waals surface area contributed by atoms with Crippen molar-refractivity contribution in [3.63, 3.8) is 0 Å². The molecule has 3 atom stereocenters. The first-order valence-electron chi connectivity index (χ1n) is 7.37. The Balaban J connectivity index is 1.79. The minimum Gasteiger partial charge on any atom is -0.458 e. The molecule has 0 aliphatic carbocycles. The molecule has 2 saturated heterocycles. The first-order chi connectivity index (χ1) is 10.8. The zero-order valence-electron chi connectivity index (χ0n) is 13.3. The van der Waals surface area contributed by atoms with Crippen LogP contribution in [0.3, 0.4) is 0 Å². The zero-order valence-corrected chi connectivity index (χ0v) is 14.9. The highest BCUT2D eigenvalue weighted by Crippen LogP contribution is 2.57. The molecular weight excluding hydrogens is 332 g/mol. The lowest BCUT2D eigenvalue weighted by Gasteiger charge is -2.47. The summed E-state index contributed by atoms with van der Waals surface area (Å²) in [6.07, 6.45) is 1.90. The molecule has 2 N–H and O–H groups in total. The fraction of sp³-hybridized carbons (Fsp3) is 0.500. The van der Waals surface area contributed by atoms with Gasteiger partial charge >= 0.3 is 5.97 Å². The van der Waals surface area contributed by atoms with E-state index in [2.05, 4.69) is 0 Å². The molecule has 1 aromatic carbocycles. The lowest BCUT2D eigenvalue weighted by atomic mass is 9.91. The third-order valence-electron chi connectivity index (χ3n) is 4.49. The molecule has 23 heavy (non-hydrogen) atoms. The second-order valence-corrected chi connectivity index (χ2v) is 8.93. The van der Waals surface area contributed by atoms with Gasteiger partial charge in [0.05, 0.1) is 4.75 Å². The van der Waals surface area contributed by atoms with E-state index in [0.717, 1.165) is 5.56 Å². The third kappa shape index (κ3) is 2.37. The summed E-state index contributed by atoms with van der Waals surface area (Å²) in [6.45, 7) is 3.94. The van der Waals surface area contributed by atoms with Gasteiger partial charge in [-0.3, -0.25) is 15.4 Å². The minimum absolute atomic E-state index is 0.0678. The van der Waals surface area contributed by atoms with Gasteiger partial charge in [0.1, 0.15) is 17.2 Å². The quantitative estimate of drug-likeness (QED) is 0.658. The number of esters is 1. The van der Waals surface area contributed by atoms with Gasteiger partial charge in [0.2, 0.25) is 11.6 Å². The maximum atomic E-state index is 12.7. The Morgan fingerprint density at radius 3 is 2.65 bits per heavy atom. The second kappa shape index (κ2) is 5.72. The molecule has 2 aliphatic heterocycles. The molecule has 7 heteroatoms. The summed E-state index contributed by atoms with van der Waals surface area (Å²) in [4.78, 5) is 26.6. The predicted molar refractivity (Wildman–Crippen MR) is 92.8 cm³/mol. The van der Waals surface area contributed by atoms with Gasteiger partial charge in [-0.25, -0.2) is 4.79 Å². The van der Waals surface area contributed by atoms with Gasteiger partial charge in [0.25, 0.3) is 0 Å². The van der Waals surface area contributed by atoms with Crippen LogP contribution in [0.4, 0.5) is 0 Å². The highest BCUT2D eigenvalue weighted by atomic mass is 32.2. The lowest BCUT2D eigenvalue weighted by Crippen LogP contribution is -2.76. The van der Waals surface area contributed by atoms with Crippen LogP contribution in [0.2, 0.25) is 0 Å². The van der Waals surface area contributed by atoms with Crippen LogP contribution < -0.4 is 5.73 Å². The van der Waals surface area contributed by atoms with Gasteiger partial charge in [0, 0.05) is 0 Å². The van der Waals surface area contributed by atoms with Crippen molar-refractivity contribution in [3.8, 4) is 0 Å². The van der Waals surface area contributed by atoms with Gasteiger partial charge in [-0.05, 0) is 25.7 Å². The van der Waals surface area contributed by atoms with E-state index in [4.69, 9.17) is 10.5 Å². The van der Waals surface area contributed by atoms with Crippen molar-refractivity contribution in [2.45, 2.75) is 41.5 Å². The minimum atomic E-state index is -1.43. The highest BCUT2D eigenvalue weighted by molar-refractivity contribution is 8.05. The summed E-state index contributed by atoms with van der Waals surface area (Å²) < 4.78 is 4.84. The van der Waals surface area contributed by atoms with Crippen molar-refractivity contribution in [3.05, 3.63) is 35.9 Å². The second-order valence-electron chi connectivity index (χ2n) is 6.21. The number of ether oxygens (including phenoxy) is 1. The molecule has 2 aliphatic rings. The zero-order chi connectivity index (χ0) is 16.8. The Bertz CT molecular complexity index is 637. The van der Waals surface area contributed by atoms with E-state index in [9.17, 15) is 9.59 Å². The normalized spacial score (nSPS) is 31.5. The summed E-state index contributed by atoms with van der Waals surface area (Å²) in [5, 5.41) is -0.201. The Kier molecular flexibility index (Phi) is 4.14. The van der Waals surface area contributed by atoms with Crippen LogP contribution in [-0.2, 0) is 20.9 Å².